The summed E-state index contributed by atoms with van der Waals surface area (Å²) in [6.45, 7) is 5.08. The summed E-state index contributed by atoms with van der Waals surface area (Å²) in [4.78, 5) is 1.17. The molecule has 0 saturated heterocycles. The summed E-state index contributed by atoms with van der Waals surface area (Å²) in [5, 5.41) is 1.47. The number of hydrogen-bond donors (Lipinski definition) is 1. The van der Waals surface area contributed by atoms with E-state index in [1.54, 1.807) is 0 Å². The number of rotatable bonds is 5. The molecule has 1 rings (SSSR count). The Balaban J connectivity index is 2.74. The third-order valence-corrected chi connectivity index (χ3v) is 4.10. The van der Waals surface area contributed by atoms with Gasteiger partial charge in [0.25, 0.3) is 0 Å². The Labute approximate surface area is 101 Å². The first kappa shape index (κ1) is 12.9. The second-order valence-electron chi connectivity index (χ2n) is 3.64. The van der Waals surface area contributed by atoms with Gasteiger partial charge in [-0.25, -0.2) is 0 Å². The average molecular weight is 244 g/mol. The van der Waals surface area contributed by atoms with Gasteiger partial charge in [-0.1, -0.05) is 31.5 Å². The largest absolute Gasteiger partial charge is 0.330 e. The molecule has 1 aromatic rings. The molecule has 0 amide bonds. The van der Waals surface area contributed by atoms with E-state index < -0.39 is 0 Å². The molecule has 1 aromatic carbocycles. The topological polar surface area (TPSA) is 26.0 Å². The molecule has 1 atom stereocenters. The van der Waals surface area contributed by atoms with Crippen LogP contribution in [0.1, 0.15) is 25.8 Å². The van der Waals surface area contributed by atoms with Crippen molar-refractivity contribution >= 4 is 23.4 Å². The van der Waals surface area contributed by atoms with Gasteiger partial charge in [-0.2, -0.15) is 0 Å². The van der Waals surface area contributed by atoms with Gasteiger partial charge >= 0.3 is 0 Å². The SMILES string of the molecule is CCC(C)Sc1ccc(CCN)cc1Cl. The maximum Gasteiger partial charge on any atom is 0.0544 e. The second kappa shape index (κ2) is 6.41. The number of nitrogens with two attached hydrogens (primary N) is 1. The van der Waals surface area contributed by atoms with Crippen LogP contribution in [0.3, 0.4) is 0 Å². The minimum atomic E-state index is 0.614. The zero-order chi connectivity index (χ0) is 11.3. The van der Waals surface area contributed by atoms with Gasteiger partial charge in [-0.15, -0.1) is 11.8 Å². The molecule has 0 fully saturated rings. The molecule has 0 aliphatic heterocycles. The molecule has 1 unspecified atom stereocenters. The molecule has 2 N–H and O–H groups in total. The van der Waals surface area contributed by atoms with E-state index >= 15 is 0 Å². The zero-order valence-corrected chi connectivity index (χ0v) is 10.9. The summed E-state index contributed by atoms with van der Waals surface area (Å²) in [7, 11) is 0. The molecule has 15 heavy (non-hydrogen) atoms. The Kier molecular flexibility index (Phi) is 5.51. The van der Waals surface area contributed by atoms with E-state index in [0.717, 1.165) is 17.9 Å². The highest BCUT2D eigenvalue weighted by Crippen LogP contribution is 2.32. The molecule has 0 radical (unpaired) electrons. The minimum Gasteiger partial charge on any atom is -0.330 e. The van der Waals surface area contributed by atoms with Crippen molar-refractivity contribution in [3.8, 4) is 0 Å². The molecule has 0 aliphatic carbocycles. The molecule has 0 aromatic heterocycles. The highest BCUT2D eigenvalue weighted by molar-refractivity contribution is 8.00. The molecule has 84 valence electrons. The minimum absolute atomic E-state index is 0.614. The van der Waals surface area contributed by atoms with E-state index in [9.17, 15) is 0 Å². The molecule has 3 heteroatoms. The normalized spacial score (nSPS) is 12.8. The highest BCUT2D eigenvalue weighted by atomic mass is 35.5. The van der Waals surface area contributed by atoms with Crippen LogP contribution in [0.25, 0.3) is 0 Å². The lowest BCUT2D eigenvalue weighted by Gasteiger charge is -2.10. The van der Waals surface area contributed by atoms with E-state index in [4.69, 9.17) is 17.3 Å². The van der Waals surface area contributed by atoms with Crippen LogP contribution >= 0.6 is 23.4 Å². The quantitative estimate of drug-likeness (QED) is 0.798. The summed E-state index contributed by atoms with van der Waals surface area (Å²) < 4.78 is 0. The van der Waals surface area contributed by atoms with E-state index in [0.29, 0.717) is 11.8 Å². The Morgan fingerprint density at radius 1 is 1.47 bits per heavy atom. The van der Waals surface area contributed by atoms with Crippen molar-refractivity contribution in [2.75, 3.05) is 6.54 Å². The Bertz CT molecular complexity index is 314. The van der Waals surface area contributed by atoms with Crippen LogP contribution < -0.4 is 5.73 Å². The molecule has 0 heterocycles. The lowest BCUT2D eigenvalue weighted by atomic mass is 10.1. The van der Waals surface area contributed by atoms with Crippen molar-refractivity contribution < 1.29 is 0 Å². The predicted molar refractivity (Wildman–Crippen MR) is 69.8 cm³/mol. The smallest absolute Gasteiger partial charge is 0.0544 e. The summed E-state index contributed by atoms with van der Waals surface area (Å²) in [6.07, 6.45) is 2.06. The van der Waals surface area contributed by atoms with Crippen LogP contribution in [-0.4, -0.2) is 11.8 Å². The first-order valence-electron chi connectivity index (χ1n) is 5.32. The average Bonchev–Trinajstić information content (AvgIpc) is 2.22. The van der Waals surface area contributed by atoms with Gasteiger partial charge in [0.1, 0.15) is 0 Å². The fourth-order valence-corrected chi connectivity index (χ4v) is 2.52. The van der Waals surface area contributed by atoms with Crippen LogP contribution in [0, 0.1) is 0 Å². The maximum atomic E-state index is 6.20. The monoisotopic (exact) mass is 243 g/mol. The molecule has 0 spiro atoms. The summed E-state index contributed by atoms with van der Waals surface area (Å²) >= 11 is 8.04. The Morgan fingerprint density at radius 2 is 2.20 bits per heavy atom. The summed E-state index contributed by atoms with van der Waals surface area (Å²) in [5.74, 6) is 0. The van der Waals surface area contributed by atoms with E-state index in [1.165, 1.54) is 10.5 Å². The molecular formula is C12H18ClNS. The molecule has 0 aliphatic rings. The standard InChI is InChI=1S/C12H18ClNS/c1-3-9(2)15-12-5-4-10(6-7-14)8-11(12)13/h4-5,8-9H,3,6-7,14H2,1-2H3. The van der Waals surface area contributed by atoms with Gasteiger partial charge in [0.05, 0.1) is 5.02 Å². The molecule has 0 bridgehead atoms. The van der Waals surface area contributed by atoms with Gasteiger partial charge in [0, 0.05) is 10.1 Å². The Hall–Kier alpha value is -0.180. The zero-order valence-electron chi connectivity index (χ0n) is 9.29. The number of thioether (sulfide) groups is 1. The lowest BCUT2D eigenvalue weighted by molar-refractivity contribution is 0.905. The van der Waals surface area contributed by atoms with Crippen molar-refractivity contribution in [2.24, 2.45) is 5.73 Å². The van der Waals surface area contributed by atoms with Gasteiger partial charge in [-0.3, -0.25) is 0 Å². The fourth-order valence-electron chi connectivity index (χ4n) is 1.26. The van der Waals surface area contributed by atoms with Crippen LogP contribution in [0.5, 0.6) is 0 Å². The van der Waals surface area contributed by atoms with E-state index in [-0.39, 0.29) is 0 Å². The van der Waals surface area contributed by atoms with Gasteiger partial charge in [0.15, 0.2) is 0 Å². The summed E-state index contributed by atoms with van der Waals surface area (Å²) in [5.41, 5.74) is 6.72. The van der Waals surface area contributed by atoms with Gasteiger partial charge in [0.2, 0.25) is 0 Å². The van der Waals surface area contributed by atoms with Crippen LogP contribution in [0.2, 0.25) is 5.02 Å². The first-order valence-corrected chi connectivity index (χ1v) is 6.58. The number of benzene rings is 1. The van der Waals surface area contributed by atoms with Gasteiger partial charge < -0.3 is 5.73 Å². The number of hydrogen-bond acceptors (Lipinski definition) is 2. The van der Waals surface area contributed by atoms with E-state index in [1.807, 2.05) is 17.8 Å². The Morgan fingerprint density at radius 3 is 2.73 bits per heavy atom. The van der Waals surface area contributed by atoms with Crippen LogP contribution in [0.4, 0.5) is 0 Å². The highest BCUT2D eigenvalue weighted by Gasteiger charge is 2.06. The fraction of sp³-hybridized carbons (Fsp3) is 0.500. The van der Waals surface area contributed by atoms with Crippen molar-refractivity contribution in [1.82, 2.24) is 0 Å². The summed E-state index contributed by atoms with van der Waals surface area (Å²) in [6, 6.07) is 6.24. The molecule has 0 saturated carbocycles. The first-order chi connectivity index (χ1) is 7.17. The maximum absolute atomic E-state index is 6.20. The number of halogens is 1. The molecule has 1 nitrogen and oxygen atoms in total. The van der Waals surface area contributed by atoms with Crippen molar-refractivity contribution in [2.45, 2.75) is 36.8 Å². The predicted octanol–water partition coefficient (Wildman–Crippen LogP) is 3.73. The van der Waals surface area contributed by atoms with Gasteiger partial charge in [-0.05, 0) is 37.1 Å². The second-order valence-corrected chi connectivity index (χ2v) is 5.53. The van der Waals surface area contributed by atoms with Crippen molar-refractivity contribution in [3.63, 3.8) is 0 Å². The van der Waals surface area contributed by atoms with Crippen molar-refractivity contribution in [1.29, 1.82) is 0 Å². The van der Waals surface area contributed by atoms with E-state index in [2.05, 4.69) is 26.0 Å². The third-order valence-electron chi connectivity index (χ3n) is 2.33. The third kappa shape index (κ3) is 4.06. The van der Waals surface area contributed by atoms with Crippen LogP contribution in [0.15, 0.2) is 23.1 Å². The molecular weight excluding hydrogens is 226 g/mol. The van der Waals surface area contributed by atoms with Crippen LogP contribution in [-0.2, 0) is 6.42 Å². The van der Waals surface area contributed by atoms with Crippen molar-refractivity contribution in [3.05, 3.63) is 28.8 Å². The lowest BCUT2D eigenvalue weighted by Crippen LogP contribution is -2.02.